The smallest absolute Gasteiger partial charge is 0.137 e. The second kappa shape index (κ2) is 6.25. The highest BCUT2D eigenvalue weighted by Gasteiger charge is 2.45. The molecule has 0 fully saturated rings. The molecule has 164 valence electrons. The number of fused-ring (bicyclic) bond motifs is 9. The molecule has 2 aromatic heterocycles. The molecule has 0 atom stereocenters. The fourth-order valence-electron chi connectivity index (χ4n) is 6.53. The Hall–Kier alpha value is -2.14. The zero-order chi connectivity index (χ0) is 22.7. The Balaban J connectivity index is 1.69. The van der Waals surface area contributed by atoms with Crippen LogP contribution in [0.3, 0.4) is 0 Å². The minimum atomic E-state index is -0.136. The number of aliphatic hydroxyl groups excluding tert-OH is 1. The summed E-state index contributed by atoms with van der Waals surface area (Å²) in [6, 6.07) is 9.34. The van der Waals surface area contributed by atoms with Crippen LogP contribution in [0, 0.1) is 13.8 Å². The number of hydrogen-bond acceptors (Lipinski definition) is 4. The standard InChI is InChI=1S/C28H28O2S2/c1-13-19(12-29)22-25(31-13)17-10-8-16-15(20(17)27(22,3)4)9-11-18-21(16)28(5,6)23-24(30-7)14(2)32-26(18)23/h8-11,29H,12H2,1-7H3. The monoisotopic (exact) mass is 460 g/mol. The largest absolute Gasteiger partial charge is 0.495 e. The molecule has 2 aliphatic carbocycles. The van der Waals surface area contributed by atoms with Gasteiger partial charge in [0.25, 0.3) is 0 Å². The summed E-state index contributed by atoms with van der Waals surface area (Å²) in [7, 11) is 1.79. The van der Waals surface area contributed by atoms with Gasteiger partial charge in [0, 0.05) is 35.9 Å². The van der Waals surface area contributed by atoms with Gasteiger partial charge in [0.15, 0.2) is 0 Å². The number of hydrogen-bond donors (Lipinski definition) is 1. The van der Waals surface area contributed by atoms with E-state index in [1.807, 2.05) is 22.7 Å². The fourth-order valence-corrected chi connectivity index (χ4v) is 9.20. The van der Waals surface area contributed by atoms with Gasteiger partial charge in [-0.15, -0.1) is 22.7 Å². The average molecular weight is 461 g/mol. The van der Waals surface area contributed by atoms with E-state index in [0.717, 1.165) is 11.3 Å². The quantitative estimate of drug-likeness (QED) is 0.332. The Kier molecular flexibility index (Phi) is 4.00. The van der Waals surface area contributed by atoms with Gasteiger partial charge >= 0.3 is 0 Å². The van der Waals surface area contributed by atoms with E-state index in [9.17, 15) is 5.11 Å². The van der Waals surface area contributed by atoms with Crippen LogP contribution in [0.2, 0.25) is 0 Å². The first-order chi connectivity index (χ1) is 15.1. The van der Waals surface area contributed by atoms with E-state index in [4.69, 9.17) is 4.74 Å². The lowest BCUT2D eigenvalue weighted by atomic mass is 9.75. The molecule has 0 amide bonds. The predicted octanol–water partition coefficient (Wildman–Crippen LogP) is 7.69. The van der Waals surface area contributed by atoms with Crippen LogP contribution < -0.4 is 4.74 Å². The highest BCUT2D eigenvalue weighted by atomic mass is 32.1. The molecular weight excluding hydrogens is 432 g/mol. The van der Waals surface area contributed by atoms with Gasteiger partial charge in [0.05, 0.1) is 13.7 Å². The van der Waals surface area contributed by atoms with Crippen molar-refractivity contribution in [2.24, 2.45) is 0 Å². The number of methoxy groups -OCH3 is 1. The zero-order valence-corrected chi connectivity index (χ0v) is 21.3. The van der Waals surface area contributed by atoms with Crippen LogP contribution in [0.15, 0.2) is 24.3 Å². The Morgan fingerprint density at radius 1 is 0.750 bits per heavy atom. The molecule has 6 rings (SSSR count). The van der Waals surface area contributed by atoms with E-state index in [2.05, 4.69) is 65.8 Å². The summed E-state index contributed by atoms with van der Waals surface area (Å²) in [4.78, 5) is 5.18. The molecule has 4 aromatic rings. The van der Waals surface area contributed by atoms with E-state index in [0.29, 0.717) is 0 Å². The molecule has 1 N–H and O–H groups in total. The maximum Gasteiger partial charge on any atom is 0.137 e. The van der Waals surface area contributed by atoms with Crippen LogP contribution >= 0.6 is 22.7 Å². The molecule has 0 saturated heterocycles. The lowest BCUT2D eigenvalue weighted by Crippen LogP contribution is -2.19. The Bertz CT molecular complexity index is 1350. The van der Waals surface area contributed by atoms with E-state index in [1.165, 1.54) is 63.7 Å². The minimum Gasteiger partial charge on any atom is -0.495 e. The van der Waals surface area contributed by atoms with Crippen molar-refractivity contribution < 1.29 is 9.84 Å². The molecule has 0 bridgehead atoms. The van der Waals surface area contributed by atoms with Crippen molar-refractivity contribution in [3.8, 4) is 26.6 Å². The normalized spacial score (nSPS) is 16.8. The van der Waals surface area contributed by atoms with Crippen LogP contribution in [0.25, 0.3) is 31.7 Å². The van der Waals surface area contributed by atoms with E-state index in [-0.39, 0.29) is 17.4 Å². The van der Waals surface area contributed by atoms with Gasteiger partial charge < -0.3 is 9.84 Å². The van der Waals surface area contributed by atoms with Crippen molar-refractivity contribution in [1.82, 2.24) is 0 Å². The number of thiophene rings is 2. The number of aryl methyl sites for hydroxylation is 2. The second-order valence-corrected chi connectivity index (χ2v) is 12.7. The highest BCUT2D eigenvalue weighted by molar-refractivity contribution is 7.16. The fraction of sp³-hybridized carbons (Fsp3) is 0.357. The lowest BCUT2D eigenvalue weighted by Gasteiger charge is -2.27. The number of rotatable bonds is 2. The summed E-state index contributed by atoms with van der Waals surface area (Å²) in [5, 5.41) is 12.8. The third-order valence-electron chi connectivity index (χ3n) is 7.79. The van der Waals surface area contributed by atoms with Crippen molar-refractivity contribution >= 4 is 33.4 Å². The van der Waals surface area contributed by atoms with Gasteiger partial charge in [0.2, 0.25) is 0 Å². The van der Waals surface area contributed by atoms with E-state index in [1.54, 1.807) is 7.11 Å². The molecule has 4 heteroatoms. The third-order valence-corrected chi connectivity index (χ3v) is 10.1. The molecule has 2 aliphatic rings. The van der Waals surface area contributed by atoms with Crippen LogP contribution in [-0.4, -0.2) is 12.2 Å². The van der Waals surface area contributed by atoms with Crippen LogP contribution in [0.5, 0.6) is 5.75 Å². The van der Waals surface area contributed by atoms with Crippen LogP contribution in [0.4, 0.5) is 0 Å². The topological polar surface area (TPSA) is 29.5 Å². The molecule has 0 saturated carbocycles. The summed E-state index contributed by atoms with van der Waals surface area (Å²) in [6.07, 6.45) is 0. The summed E-state index contributed by atoms with van der Waals surface area (Å²) in [6.45, 7) is 13.7. The second-order valence-electron chi connectivity index (χ2n) is 10.2. The van der Waals surface area contributed by atoms with Crippen molar-refractivity contribution in [3.05, 3.63) is 61.8 Å². The SMILES string of the molecule is COc1c(C)sc2c1C(C)(C)c1c-2ccc2c3c(ccc12)-c1sc(C)c(CO)c1C3(C)C. The predicted molar refractivity (Wildman–Crippen MR) is 137 cm³/mol. The van der Waals surface area contributed by atoms with Crippen LogP contribution in [-0.2, 0) is 17.4 Å². The van der Waals surface area contributed by atoms with E-state index < -0.39 is 0 Å². The van der Waals surface area contributed by atoms with Crippen molar-refractivity contribution in [2.75, 3.05) is 7.11 Å². The molecule has 0 aliphatic heterocycles. The van der Waals surface area contributed by atoms with Gasteiger partial charge in [-0.1, -0.05) is 52.0 Å². The van der Waals surface area contributed by atoms with Crippen molar-refractivity contribution in [3.63, 3.8) is 0 Å². The molecule has 2 heterocycles. The molecule has 0 spiro atoms. The first kappa shape index (κ1) is 20.5. The Morgan fingerprint density at radius 2 is 1.25 bits per heavy atom. The Morgan fingerprint density at radius 3 is 1.78 bits per heavy atom. The highest BCUT2D eigenvalue weighted by Crippen LogP contribution is 2.61. The van der Waals surface area contributed by atoms with Crippen LogP contribution in [0.1, 0.15) is 65.3 Å². The van der Waals surface area contributed by atoms with E-state index >= 15 is 0 Å². The minimum absolute atomic E-state index is 0.106. The van der Waals surface area contributed by atoms with Gasteiger partial charge in [-0.3, -0.25) is 0 Å². The summed E-state index contributed by atoms with van der Waals surface area (Å²) >= 11 is 3.68. The molecule has 0 radical (unpaired) electrons. The summed E-state index contributed by atoms with van der Waals surface area (Å²) in [5.74, 6) is 1.05. The summed E-state index contributed by atoms with van der Waals surface area (Å²) < 4.78 is 5.87. The lowest BCUT2D eigenvalue weighted by molar-refractivity contribution is 0.279. The first-order valence-corrected chi connectivity index (χ1v) is 12.8. The van der Waals surface area contributed by atoms with Gasteiger partial charge in [0.1, 0.15) is 5.75 Å². The molecule has 2 nitrogen and oxygen atoms in total. The van der Waals surface area contributed by atoms with Gasteiger partial charge in [-0.2, -0.15) is 0 Å². The first-order valence-electron chi connectivity index (χ1n) is 11.2. The molecule has 32 heavy (non-hydrogen) atoms. The maximum absolute atomic E-state index is 10.1. The van der Waals surface area contributed by atoms with Gasteiger partial charge in [-0.05, 0) is 58.0 Å². The molecule has 2 aromatic carbocycles. The number of benzene rings is 2. The third kappa shape index (κ3) is 2.19. The number of aliphatic hydroxyl groups is 1. The molecular formula is C28H28O2S2. The summed E-state index contributed by atoms with van der Waals surface area (Å²) in [5.41, 5.74) is 9.03. The Labute approximate surface area is 197 Å². The number of ether oxygens (including phenoxy) is 1. The van der Waals surface area contributed by atoms with Crippen molar-refractivity contribution in [2.45, 2.75) is 59.0 Å². The zero-order valence-electron chi connectivity index (χ0n) is 19.7. The maximum atomic E-state index is 10.1. The van der Waals surface area contributed by atoms with Gasteiger partial charge in [-0.25, -0.2) is 0 Å². The molecule has 0 unspecified atom stereocenters. The average Bonchev–Trinajstić information content (AvgIpc) is 3.39. The van der Waals surface area contributed by atoms with Crippen molar-refractivity contribution in [1.29, 1.82) is 0 Å².